The quantitative estimate of drug-likeness (QED) is 0.784. The highest BCUT2D eigenvalue weighted by molar-refractivity contribution is 6.03. The summed E-state index contributed by atoms with van der Waals surface area (Å²) in [5.74, 6) is -0.939. The van der Waals surface area contributed by atoms with E-state index >= 15 is 0 Å². The fourth-order valence-electron chi connectivity index (χ4n) is 4.92. The second-order valence-electron chi connectivity index (χ2n) is 7.96. The van der Waals surface area contributed by atoms with Gasteiger partial charge in [0.1, 0.15) is 5.75 Å². The predicted molar refractivity (Wildman–Crippen MR) is 106 cm³/mol. The van der Waals surface area contributed by atoms with Gasteiger partial charge in [0, 0.05) is 37.7 Å². The van der Waals surface area contributed by atoms with Crippen LogP contribution >= 0.6 is 0 Å². The van der Waals surface area contributed by atoms with Gasteiger partial charge in [0.25, 0.3) is 0 Å². The summed E-state index contributed by atoms with van der Waals surface area (Å²) in [7, 11) is 0. The number of anilines is 2. The lowest BCUT2D eigenvalue weighted by Gasteiger charge is -2.39. The van der Waals surface area contributed by atoms with Gasteiger partial charge in [-0.25, -0.2) is 8.78 Å². The molecule has 0 aliphatic carbocycles. The molecule has 2 aromatic rings. The molecule has 5 rings (SSSR count). The number of nitrogens with one attached hydrogen (secondary N) is 1. The normalized spacial score (nSPS) is 22.8. The third-order valence-corrected chi connectivity index (χ3v) is 6.18. The average molecular weight is 399 g/mol. The summed E-state index contributed by atoms with van der Waals surface area (Å²) in [6, 6.07) is 10.2. The first-order valence-electron chi connectivity index (χ1n) is 10.1. The van der Waals surface area contributed by atoms with Crippen LogP contribution < -0.4 is 15.0 Å². The molecule has 1 N–H and O–H groups in total. The highest BCUT2D eigenvalue weighted by Gasteiger charge is 2.44. The Balaban J connectivity index is 1.19. The third kappa shape index (κ3) is 3.33. The molecule has 0 unspecified atom stereocenters. The number of amides is 1. The molecule has 3 aliphatic rings. The molecule has 2 atom stereocenters. The summed E-state index contributed by atoms with van der Waals surface area (Å²) in [6.07, 6.45) is 1.84. The van der Waals surface area contributed by atoms with E-state index in [2.05, 4.69) is 21.2 Å². The van der Waals surface area contributed by atoms with Gasteiger partial charge in [-0.05, 0) is 36.6 Å². The first-order chi connectivity index (χ1) is 14.1. The summed E-state index contributed by atoms with van der Waals surface area (Å²) in [5.41, 5.74) is 3.46. The summed E-state index contributed by atoms with van der Waals surface area (Å²) < 4.78 is 31.8. The smallest absolute Gasteiger partial charge is 0.243 e. The van der Waals surface area contributed by atoms with Crippen molar-refractivity contribution in [1.82, 2.24) is 4.90 Å². The van der Waals surface area contributed by atoms with Crippen molar-refractivity contribution in [3.05, 3.63) is 53.6 Å². The van der Waals surface area contributed by atoms with Crippen LogP contribution in [0, 0.1) is 11.6 Å². The maximum atomic E-state index is 13.3. The van der Waals surface area contributed by atoms with Crippen LogP contribution in [0.1, 0.15) is 24.3 Å². The number of ether oxygens (including phenoxy) is 1. The minimum absolute atomic E-state index is 0.0621. The summed E-state index contributed by atoms with van der Waals surface area (Å²) >= 11 is 0. The number of benzene rings is 2. The predicted octanol–water partition coefficient (Wildman–Crippen LogP) is 3.36. The van der Waals surface area contributed by atoms with Gasteiger partial charge in [-0.2, -0.15) is 0 Å². The Morgan fingerprint density at radius 3 is 2.93 bits per heavy atom. The van der Waals surface area contributed by atoms with Crippen molar-refractivity contribution < 1.29 is 18.3 Å². The topological polar surface area (TPSA) is 44.8 Å². The Morgan fingerprint density at radius 1 is 1.17 bits per heavy atom. The molecule has 1 saturated heterocycles. The number of carbonyl (C=O) groups excluding carboxylic acids is 1. The zero-order chi connectivity index (χ0) is 20.0. The molecule has 0 bridgehead atoms. The van der Waals surface area contributed by atoms with Gasteiger partial charge in [-0.1, -0.05) is 12.1 Å². The van der Waals surface area contributed by atoms with Gasteiger partial charge in [-0.15, -0.1) is 0 Å². The lowest BCUT2D eigenvalue weighted by Crippen LogP contribution is -2.49. The molecule has 0 spiro atoms. The van der Waals surface area contributed by atoms with Crippen molar-refractivity contribution in [2.75, 3.05) is 43.0 Å². The highest BCUT2D eigenvalue weighted by Crippen LogP contribution is 2.49. The van der Waals surface area contributed by atoms with E-state index in [9.17, 15) is 13.6 Å². The molecule has 0 saturated carbocycles. The number of fused-ring (bicyclic) bond motifs is 3. The number of likely N-dealkylation sites (tertiary alicyclic amines) is 1. The molecular formula is C22H23F2N3O2. The number of carbonyl (C=O) groups is 1. The van der Waals surface area contributed by atoms with Crippen LogP contribution in [0.15, 0.2) is 36.4 Å². The van der Waals surface area contributed by atoms with E-state index in [4.69, 9.17) is 4.74 Å². The number of hydrogen-bond donors (Lipinski definition) is 1. The van der Waals surface area contributed by atoms with E-state index in [0.29, 0.717) is 30.9 Å². The molecule has 29 heavy (non-hydrogen) atoms. The molecule has 7 heteroatoms. The SMILES string of the molecule is O=C1CN2c3c(cccc3[C@@H]3CN(CCCOc4ccc(F)c(F)c4)CC[C@@H]32)N1. The molecule has 2 aromatic carbocycles. The zero-order valence-electron chi connectivity index (χ0n) is 16.0. The van der Waals surface area contributed by atoms with Crippen LogP contribution in [0.3, 0.4) is 0 Å². The van der Waals surface area contributed by atoms with Crippen molar-refractivity contribution >= 4 is 17.3 Å². The van der Waals surface area contributed by atoms with Crippen LogP contribution in [-0.2, 0) is 4.79 Å². The number of halogens is 2. The number of rotatable bonds is 5. The largest absolute Gasteiger partial charge is 0.493 e. The molecular weight excluding hydrogens is 376 g/mol. The Morgan fingerprint density at radius 2 is 2.07 bits per heavy atom. The highest BCUT2D eigenvalue weighted by atomic mass is 19.2. The fourth-order valence-corrected chi connectivity index (χ4v) is 4.92. The van der Waals surface area contributed by atoms with Crippen molar-refractivity contribution in [1.29, 1.82) is 0 Å². The van der Waals surface area contributed by atoms with Gasteiger partial charge in [0.15, 0.2) is 11.6 Å². The van der Waals surface area contributed by atoms with Gasteiger partial charge in [0.2, 0.25) is 5.91 Å². The van der Waals surface area contributed by atoms with E-state index in [1.165, 1.54) is 17.3 Å². The summed E-state index contributed by atoms with van der Waals surface area (Å²) in [4.78, 5) is 16.8. The number of para-hydroxylation sites is 1. The third-order valence-electron chi connectivity index (χ3n) is 6.18. The van der Waals surface area contributed by atoms with Crippen molar-refractivity contribution in [2.24, 2.45) is 0 Å². The Kier molecular flexibility index (Phi) is 4.62. The van der Waals surface area contributed by atoms with Gasteiger partial charge in [-0.3, -0.25) is 4.79 Å². The second kappa shape index (κ2) is 7.30. The number of nitrogens with zero attached hydrogens (tertiary/aromatic N) is 2. The maximum Gasteiger partial charge on any atom is 0.243 e. The molecule has 1 amide bonds. The lowest BCUT2D eigenvalue weighted by atomic mass is 9.89. The molecule has 0 aromatic heterocycles. The van der Waals surface area contributed by atoms with Crippen LogP contribution in [0.4, 0.5) is 20.2 Å². The Labute approximate surface area is 168 Å². The van der Waals surface area contributed by atoms with Gasteiger partial charge < -0.3 is 19.9 Å². The molecule has 3 heterocycles. The molecule has 0 radical (unpaired) electrons. The van der Waals surface area contributed by atoms with E-state index in [1.807, 2.05) is 12.1 Å². The molecule has 3 aliphatic heterocycles. The first-order valence-corrected chi connectivity index (χ1v) is 10.1. The first kappa shape index (κ1) is 18.4. The molecule has 1 fully saturated rings. The number of hydrogen-bond acceptors (Lipinski definition) is 4. The van der Waals surface area contributed by atoms with Crippen LogP contribution in [0.25, 0.3) is 0 Å². The standard InChI is InChI=1S/C22H23F2N3O2/c23-17-6-5-14(11-18(17)24)29-10-2-8-26-9-7-20-16(12-26)15-3-1-4-19-22(15)27(20)13-21(28)25-19/h1,3-6,11,16,20H,2,7-10,12-13H2,(H,25,28)/t16-,20-/m0/s1. The lowest BCUT2D eigenvalue weighted by molar-refractivity contribution is -0.115. The van der Waals surface area contributed by atoms with Gasteiger partial charge in [0.05, 0.1) is 24.5 Å². The second-order valence-corrected chi connectivity index (χ2v) is 7.96. The van der Waals surface area contributed by atoms with Crippen molar-refractivity contribution in [3.63, 3.8) is 0 Å². The average Bonchev–Trinajstić information content (AvgIpc) is 3.02. The maximum absolute atomic E-state index is 13.3. The van der Waals surface area contributed by atoms with E-state index < -0.39 is 11.6 Å². The van der Waals surface area contributed by atoms with Crippen molar-refractivity contribution in [2.45, 2.75) is 24.8 Å². The van der Waals surface area contributed by atoms with Crippen LogP contribution in [-0.4, -0.2) is 49.6 Å². The monoisotopic (exact) mass is 399 g/mol. The minimum atomic E-state index is -0.890. The summed E-state index contributed by atoms with van der Waals surface area (Å²) in [6.45, 7) is 3.72. The van der Waals surface area contributed by atoms with E-state index in [0.717, 1.165) is 50.3 Å². The fraction of sp³-hybridized carbons (Fsp3) is 0.409. The Hall–Kier alpha value is -2.67. The zero-order valence-corrected chi connectivity index (χ0v) is 16.0. The van der Waals surface area contributed by atoms with Gasteiger partial charge >= 0.3 is 0 Å². The van der Waals surface area contributed by atoms with Crippen LogP contribution in [0.2, 0.25) is 0 Å². The summed E-state index contributed by atoms with van der Waals surface area (Å²) in [5, 5.41) is 3.00. The minimum Gasteiger partial charge on any atom is -0.493 e. The Bertz CT molecular complexity index is 952. The van der Waals surface area contributed by atoms with Crippen molar-refractivity contribution in [3.8, 4) is 5.75 Å². The van der Waals surface area contributed by atoms with E-state index in [-0.39, 0.29) is 5.91 Å². The molecule has 5 nitrogen and oxygen atoms in total. The van der Waals surface area contributed by atoms with Crippen LogP contribution in [0.5, 0.6) is 5.75 Å². The number of piperidine rings is 1. The van der Waals surface area contributed by atoms with E-state index in [1.54, 1.807) is 0 Å². The molecule has 152 valence electrons.